The molecule has 2 rings (SSSR count). The fourth-order valence-electron chi connectivity index (χ4n) is 1.71. The third-order valence-corrected chi connectivity index (χ3v) is 2.83. The zero-order valence-corrected chi connectivity index (χ0v) is 11.0. The van der Waals surface area contributed by atoms with Gasteiger partial charge in [0, 0.05) is 11.6 Å². The lowest BCUT2D eigenvalue weighted by Gasteiger charge is -2.09. The summed E-state index contributed by atoms with van der Waals surface area (Å²) in [6.07, 6.45) is 0. The van der Waals surface area contributed by atoms with Crippen LogP contribution in [-0.4, -0.2) is 5.91 Å². The lowest BCUT2D eigenvalue weighted by Crippen LogP contribution is -2.17. The molecule has 0 aliphatic carbocycles. The summed E-state index contributed by atoms with van der Waals surface area (Å²) in [7, 11) is 0. The molecule has 0 radical (unpaired) electrons. The average molecular weight is 257 g/mol. The van der Waals surface area contributed by atoms with Gasteiger partial charge in [-0.05, 0) is 35.4 Å². The van der Waals surface area contributed by atoms with Crippen molar-refractivity contribution < 1.29 is 9.18 Å². The van der Waals surface area contributed by atoms with E-state index in [1.54, 1.807) is 12.1 Å². The number of amides is 1. The highest BCUT2D eigenvalue weighted by molar-refractivity contribution is 5.92. The molecule has 2 aromatic carbocycles. The quantitative estimate of drug-likeness (QED) is 0.881. The van der Waals surface area contributed by atoms with Gasteiger partial charge in [0.05, 0.1) is 0 Å². The topological polar surface area (TPSA) is 29.1 Å². The third kappa shape index (κ3) is 3.41. The Hall–Kier alpha value is -2.16. The van der Waals surface area contributed by atoms with Gasteiger partial charge in [0.2, 0.25) is 5.91 Å². The molecule has 19 heavy (non-hydrogen) atoms. The Bertz CT molecular complexity index is 576. The van der Waals surface area contributed by atoms with Crippen LogP contribution in [0.4, 0.5) is 10.1 Å². The van der Waals surface area contributed by atoms with E-state index in [0.717, 1.165) is 16.8 Å². The van der Waals surface area contributed by atoms with Gasteiger partial charge < -0.3 is 5.32 Å². The highest BCUT2D eigenvalue weighted by Crippen LogP contribution is 2.23. The summed E-state index contributed by atoms with van der Waals surface area (Å²) in [6, 6.07) is 13.8. The Morgan fingerprint density at radius 1 is 1.05 bits per heavy atom. The second-order valence-corrected chi connectivity index (χ2v) is 4.73. The highest BCUT2D eigenvalue weighted by Gasteiger charge is 2.07. The summed E-state index contributed by atoms with van der Waals surface area (Å²) < 4.78 is 12.9. The molecule has 2 nitrogen and oxygen atoms in total. The average Bonchev–Trinajstić information content (AvgIpc) is 2.39. The van der Waals surface area contributed by atoms with Gasteiger partial charge in [-0.2, -0.15) is 0 Å². The monoisotopic (exact) mass is 257 g/mol. The highest BCUT2D eigenvalue weighted by atomic mass is 19.1. The zero-order valence-electron chi connectivity index (χ0n) is 11.0. The van der Waals surface area contributed by atoms with Crippen molar-refractivity contribution in [3.63, 3.8) is 0 Å². The molecule has 0 aliphatic rings. The zero-order chi connectivity index (χ0) is 13.8. The van der Waals surface area contributed by atoms with E-state index in [0.29, 0.717) is 0 Å². The van der Waals surface area contributed by atoms with Crippen molar-refractivity contribution in [2.75, 3.05) is 5.32 Å². The molecule has 0 saturated carbocycles. The number of benzene rings is 2. The summed E-state index contributed by atoms with van der Waals surface area (Å²) in [5.41, 5.74) is 2.61. The van der Waals surface area contributed by atoms with Gasteiger partial charge in [-0.15, -0.1) is 0 Å². The standard InChI is InChI=1S/C16H16FNO/c1-11(2)16(19)18-15-5-3-4-13(10-15)12-6-8-14(17)9-7-12/h3-11H,1-2H3,(H,18,19). The largest absolute Gasteiger partial charge is 0.326 e. The number of rotatable bonds is 3. The first-order chi connectivity index (χ1) is 9.06. The number of hydrogen-bond acceptors (Lipinski definition) is 1. The number of carbonyl (C=O) groups is 1. The minimum absolute atomic E-state index is 0.0174. The van der Waals surface area contributed by atoms with Gasteiger partial charge in [-0.25, -0.2) is 4.39 Å². The van der Waals surface area contributed by atoms with Gasteiger partial charge in [-0.1, -0.05) is 38.1 Å². The first-order valence-corrected chi connectivity index (χ1v) is 6.23. The van der Waals surface area contributed by atoms with Crippen LogP contribution in [0.2, 0.25) is 0 Å². The summed E-state index contributed by atoms with van der Waals surface area (Å²) in [6.45, 7) is 3.69. The molecule has 0 unspecified atom stereocenters. The van der Waals surface area contributed by atoms with E-state index < -0.39 is 0 Å². The van der Waals surface area contributed by atoms with Gasteiger partial charge >= 0.3 is 0 Å². The summed E-state index contributed by atoms with van der Waals surface area (Å²) in [5, 5.41) is 2.85. The van der Waals surface area contributed by atoms with E-state index in [1.807, 2.05) is 38.1 Å². The van der Waals surface area contributed by atoms with Crippen molar-refractivity contribution in [3.8, 4) is 11.1 Å². The van der Waals surface area contributed by atoms with Gasteiger partial charge in [0.25, 0.3) is 0 Å². The molecule has 0 atom stereocenters. The van der Waals surface area contributed by atoms with Crippen LogP contribution >= 0.6 is 0 Å². The van der Waals surface area contributed by atoms with Crippen molar-refractivity contribution >= 4 is 11.6 Å². The van der Waals surface area contributed by atoms with Crippen molar-refractivity contribution in [2.24, 2.45) is 5.92 Å². The second kappa shape index (κ2) is 5.65. The van der Waals surface area contributed by atoms with Crippen LogP contribution in [0.25, 0.3) is 11.1 Å². The molecular formula is C16H16FNO. The molecule has 2 aromatic rings. The van der Waals surface area contributed by atoms with Crippen LogP contribution in [0.5, 0.6) is 0 Å². The van der Waals surface area contributed by atoms with Crippen molar-refractivity contribution in [2.45, 2.75) is 13.8 Å². The van der Waals surface area contributed by atoms with Crippen molar-refractivity contribution in [1.82, 2.24) is 0 Å². The fourth-order valence-corrected chi connectivity index (χ4v) is 1.71. The van der Waals surface area contributed by atoms with E-state index in [9.17, 15) is 9.18 Å². The van der Waals surface area contributed by atoms with E-state index in [2.05, 4.69) is 5.32 Å². The smallest absolute Gasteiger partial charge is 0.226 e. The van der Waals surface area contributed by atoms with Crippen molar-refractivity contribution in [1.29, 1.82) is 0 Å². The van der Waals surface area contributed by atoms with E-state index >= 15 is 0 Å². The fraction of sp³-hybridized carbons (Fsp3) is 0.188. The molecule has 1 amide bonds. The Morgan fingerprint density at radius 3 is 2.37 bits per heavy atom. The van der Waals surface area contributed by atoms with Crippen LogP contribution in [0.15, 0.2) is 48.5 Å². The molecule has 1 N–H and O–H groups in total. The molecule has 0 heterocycles. The van der Waals surface area contributed by atoms with E-state index in [1.165, 1.54) is 12.1 Å². The molecule has 0 aliphatic heterocycles. The molecule has 0 saturated heterocycles. The van der Waals surface area contributed by atoms with Gasteiger partial charge in [0.15, 0.2) is 0 Å². The first-order valence-electron chi connectivity index (χ1n) is 6.23. The van der Waals surface area contributed by atoms with Gasteiger partial charge in [0.1, 0.15) is 5.82 Å². The van der Waals surface area contributed by atoms with Crippen LogP contribution in [0, 0.1) is 11.7 Å². The van der Waals surface area contributed by atoms with Crippen LogP contribution in [0.1, 0.15) is 13.8 Å². The Labute approximate surface area is 112 Å². The minimum atomic E-state index is -0.256. The molecule has 0 fully saturated rings. The molecular weight excluding hydrogens is 241 g/mol. The second-order valence-electron chi connectivity index (χ2n) is 4.73. The Morgan fingerprint density at radius 2 is 1.74 bits per heavy atom. The summed E-state index contributed by atoms with van der Waals surface area (Å²) in [5.74, 6) is -0.334. The number of nitrogens with one attached hydrogen (secondary N) is 1. The maximum Gasteiger partial charge on any atom is 0.226 e. The minimum Gasteiger partial charge on any atom is -0.326 e. The molecule has 98 valence electrons. The maximum atomic E-state index is 12.9. The molecule has 0 bridgehead atoms. The SMILES string of the molecule is CC(C)C(=O)Nc1cccc(-c2ccc(F)cc2)c1. The number of carbonyl (C=O) groups excluding carboxylic acids is 1. The lowest BCUT2D eigenvalue weighted by molar-refractivity contribution is -0.118. The Kier molecular flexibility index (Phi) is 3.95. The molecule has 0 spiro atoms. The van der Waals surface area contributed by atoms with Gasteiger partial charge in [-0.3, -0.25) is 4.79 Å². The van der Waals surface area contributed by atoms with Crippen molar-refractivity contribution in [3.05, 3.63) is 54.3 Å². The number of anilines is 1. The summed E-state index contributed by atoms with van der Waals surface area (Å²) in [4.78, 5) is 11.6. The molecule has 0 aromatic heterocycles. The number of hydrogen-bond donors (Lipinski definition) is 1. The molecule has 3 heteroatoms. The Balaban J connectivity index is 2.24. The lowest BCUT2D eigenvalue weighted by atomic mass is 10.0. The summed E-state index contributed by atoms with van der Waals surface area (Å²) >= 11 is 0. The normalized spacial score (nSPS) is 10.5. The van der Waals surface area contributed by atoms with Crippen LogP contribution in [-0.2, 0) is 4.79 Å². The predicted octanol–water partition coefficient (Wildman–Crippen LogP) is 4.09. The maximum absolute atomic E-state index is 12.9. The predicted molar refractivity (Wildman–Crippen MR) is 75.3 cm³/mol. The third-order valence-electron chi connectivity index (χ3n) is 2.83. The number of halogens is 1. The van der Waals surface area contributed by atoms with Crippen LogP contribution in [0.3, 0.4) is 0 Å². The van der Waals surface area contributed by atoms with E-state index in [4.69, 9.17) is 0 Å². The van der Waals surface area contributed by atoms with E-state index in [-0.39, 0.29) is 17.6 Å². The van der Waals surface area contributed by atoms with Crippen LogP contribution < -0.4 is 5.32 Å². The first kappa shape index (κ1) is 13.3.